The molecule has 2 nitrogen and oxygen atoms in total. The van der Waals surface area contributed by atoms with Crippen LogP contribution in [0.2, 0.25) is 0 Å². The molecular weight excluding hydrogens is 368 g/mol. The Morgan fingerprint density at radius 3 is 1.27 bits per heavy atom. The van der Waals surface area contributed by atoms with Crippen LogP contribution >= 0.6 is 0 Å². The first-order valence-electron chi connectivity index (χ1n) is 10.2. The molecular formula is C28H22O2. The molecule has 0 amide bonds. The van der Waals surface area contributed by atoms with Crippen molar-refractivity contribution in [3.05, 3.63) is 120 Å². The number of fused-ring (bicyclic) bond motifs is 2. The Kier molecular flexibility index (Phi) is 5.05. The summed E-state index contributed by atoms with van der Waals surface area (Å²) in [4.78, 5) is 0. The van der Waals surface area contributed by atoms with E-state index in [4.69, 9.17) is 9.47 Å². The molecule has 0 atom stereocenters. The second kappa shape index (κ2) is 8.30. The molecule has 5 aromatic rings. The van der Waals surface area contributed by atoms with Gasteiger partial charge in [0, 0.05) is 10.8 Å². The van der Waals surface area contributed by atoms with Gasteiger partial charge in [-0.15, -0.1) is 0 Å². The zero-order valence-electron chi connectivity index (χ0n) is 16.6. The molecule has 0 aliphatic carbocycles. The van der Waals surface area contributed by atoms with Gasteiger partial charge in [0.15, 0.2) is 0 Å². The number of hydrogen-bond donors (Lipinski definition) is 0. The fraction of sp³-hybridized carbons (Fsp3) is 0.0714. The van der Waals surface area contributed by atoms with Crippen molar-refractivity contribution in [2.24, 2.45) is 0 Å². The first kappa shape index (κ1) is 18.3. The van der Waals surface area contributed by atoms with Crippen LogP contribution in [0.5, 0.6) is 11.5 Å². The molecule has 0 N–H and O–H groups in total. The second-order valence-corrected chi connectivity index (χ2v) is 7.36. The third kappa shape index (κ3) is 3.85. The Balaban J connectivity index is 1.53. The molecule has 0 heterocycles. The molecule has 0 spiro atoms. The van der Waals surface area contributed by atoms with E-state index in [0.717, 1.165) is 33.4 Å². The van der Waals surface area contributed by atoms with Gasteiger partial charge in [-0.2, -0.15) is 0 Å². The summed E-state index contributed by atoms with van der Waals surface area (Å²) in [7, 11) is 0. The van der Waals surface area contributed by atoms with Crippen LogP contribution in [0.15, 0.2) is 109 Å². The van der Waals surface area contributed by atoms with Crippen molar-refractivity contribution in [3.8, 4) is 11.5 Å². The SMILES string of the molecule is c1ccc(COc2ccc(OCc3ccccc3)c3cc4ccccc4cc23)cc1. The maximum Gasteiger partial charge on any atom is 0.127 e. The molecule has 30 heavy (non-hydrogen) atoms. The van der Waals surface area contributed by atoms with Crippen LogP contribution in [-0.4, -0.2) is 0 Å². The Morgan fingerprint density at radius 1 is 0.433 bits per heavy atom. The van der Waals surface area contributed by atoms with Gasteiger partial charge in [0.05, 0.1) is 0 Å². The maximum atomic E-state index is 6.22. The van der Waals surface area contributed by atoms with Crippen LogP contribution in [-0.2, 0) is 13.2 Å². The highest BCUT2D eigenvalue weighted by Gasteiger charge is 2.11. The molecule has 0 bridgehead atoms. The summed E-state index contributed by atoms with van der Waals surface area (Å²) in [5.41, 5.74) is 2.30. The van der Waals surface area contributed by atoms with Gasteiger partial charge >= 0.3 is 0 Å². The molecule has 0 aromatic heterocycles. The molecule has 146 valence electrons. The van der Waals surface area contributed by atoms with E-state index in [9.17, 15) is 0 Å². The van der Waals surface area contributed by atoms with Gasteiger partial charge in [0.2, 0.25) is 0 Å². The van der Waals surface area contributed by atoms with E-state index < -0.39 is 0 Å². The van der Waals surface area contributed by atoms with Gasteiger partial charge in [-0.3, -0.25) is 0 Å². The van der Waals surface area contributed by atoms with Crippen molar-refractivity contribution in [3.63, 3.8) is 0 Å². The van der Waals surface area contributed by atoms with E-state index in [1.165, 1.54) is 10.8 Å². The summed E-state index contributed by atoms with van der Waals surface area (Å²) in [5, 5.41) is 4.51. The zero-order chi connectivity index (χ0) is 20.2. The third-order valence-electron chi connectivity index (χ3n) is 5.28. The van der Waals surface area contributed by atoms with Gasteiger partial charge in [-0.1, -0.05) is 84.9 Å². The molecule has 0 aliphatic heterocycles. The normalized spacial score (nSPS) is 10.9. The average Bonchev–Trinajstić information content (AvgIpc) is 2.82. The highest BCUT2D eigenvalue weighted by atomic mass is 16.5. The third-order valence-corrected chi connectivity index (χ3v) is 5.28. The predicted molar refractivity (Wildman–Crippen MR) is 123 cm³/mol. The first-order chi connectivity index (χ1) is 14.9. The minimum Gasteiger partial charge on any atom is -0.488 e. The Morgan fingerprint density at radius 2 is 0.833 bits per heavy atom. The zero-order valence-corrected chi connectivity index (χ0v) is 16.6. The standard InChI is InChI=1S/C28H22O2/c1-3-9-21(10-4-1)19-29-27-15-16-28(30-20-22-11-5-2-6-12-22)26-18-24-14-8-7-13-23(24)17-25(26)27/h1-18H,19-20H2. The fourth-order valence-corrected chi connectivity index (χ4v) is 3.70. The Bertz CT molecular complexity index is 1180. The number of rotatable bonds is 6. The van der Waals surface area contributed by atoms with Crippen LogP contribution in [0.3, 0.4) is 0 Å². The van der Waals surface area contributed by atoms with E-state index in [-0.39, 0.29) is 0 Å². The van der Waals surface area contributed by atoms with E-state index in [0.29, 0.717) is 13.2 Å². The van der Waals surface area contributed by atoms with Gasteiger partial charge in [-0.05, 0) is 46.2 Å². The van der Waals surface area contributed by atoms with E-state index in [1.807, 2.05) is 48.5 Å². The van der Waals surface area contributed by atoms with Crippen LogP contribution in [0.25, 0.3) is 21.5 Å². The molecule has 5 aromatic carbocycles. The quantitative estimate of drug-likeness (QED) is 0.287. The smallest absolute Gasteiger partial charge is 0.127 e. The lowest BCUT2D eigenvalue weighted by Crippen LogP contribution is -1.99. The molecule has 0 saturated heterocycles. The molecule has 5 rings (SSSR count). The maximum absolute atomic E-state index is 6.22. The van der Waals surface area contributed by atoms with Crippen molar-refractivity contribution in [2.45, 2.75) is 13.2 Å². The van der Waals surface area contributed by atoms with Crippen LogP contribution in [0.1, 0.15) is 11.1 Å². The number of benzene rings is 5. The summed E-state index contributed by atoms with van der Waals surface area (Å²) >= 11 is 0. The first-order valence-corrected chi connectivity index (χ1v) is 10.2. The highest BCUT2D eigenvalue weighted by Crippen LogP contribution is 2.37. The predicted octanol–water partition coefficient (Wildman–Crippen LogP) is 7.15. The fourth-order valence-electron chi connectivity index (χ4n) is 3.70. The van der Waals surface area contributed by atoms with Crippen molar-refractivity contribution < 1.29 is 9.47 Å². The topological polar surface area (TPSA) is 18.5 Å². The minimum atomic E-state index is 0.535. The second-order valence-electron chi connectivity index (χ2n) is 7.36. The molecule has 0 aliphatic rings. The molecule has 0 fully saturated rings. The van der Waals surface area contributed by atoms with Gasteiger partial charge in [-0.25, -0.2) is 0 Å². The lowest BCUT2D eigenvalue weighted by atomic mass is 10.0. The summed E-state index contributed by atoms with van der Waals surface area (Å²) in [5.74, 6) is 1.73. The van der Waals surface area contributed by atoms with Crippen LogP contribution in [0.4, 0.5) is 0 Å². The lowest BCUT2D eigenvalue weighted by Gasteiger charge is -2.15. The number of hydrogen-bond acceptors (Lipinski definition) is 2. The summed E-state index contributed by atoms with van der Waals surface area (Å²) in [6.45, 7) is 1.07. The van der Waals surface area contributed by atoms with E-state index in [1.54, 1.807) is 0 Å². The van der Waals surface area contributed by atoms with E-state index >= 15 is 0 Å². The summed E-state index contributed by atoms with van der Waals surface area (Å²) in [6.07, 6.45) is 0. The number of ether oxygens (including phenoxy) is 2. The van der Waals surface area contributed by atoms with Crippen molar-refractivity contribution in [1.29, 1.82) is 0 Å². The highest BCUT2D eigenvalue weighted by molar-refractivity contribution is 6.03. The molecule has 0 saturated carbocycles. The molecule has 0 radical (unpaired) electrons. The van der Waals surface area contributed by atoms with E-state index in [2.05, 4.69) is 60.7 Å². The van der Waals surface area contributed by atoms with Crippen molar-refractivity contribution >= 4 is 21.5 Å². The Hall–Kier alpha value is -3.78. The van der Waals surface area contributed by atoms with Crippen molar-refractivity contribution in [1.82, 2.24) is 0 Å². The average molecular weight is 390 g/mol. The van der Waals surface area contributed by atoms with Crippen LogP contribution in [0, 0.1) is 0 Å². The van der Waals surface area contributed by atoms with Crippen LogP contribution < -0.4 is 9.47 Å². The van der Waals surface area contributed by atoms with Gasteiger partial charge in [0.25, 0.3) is 0 Å². The summed E-state index contributed by atoms with van der Waals surface area (Å²) in [6, 6.07) is 37.3. The largest absolute Gasteiger partial charge is 0.488 e. The lowest BCUT2D eigenvalue weighted by molar-refractivity contribution is 0.303. The minimum absolute atomic E-state index is 0.535. The summed E-state index contributed by atoms with van der Waals surface area (Å²) < 4.78 is 12.4. The monoisotopic (exact) mass is 390 g/mol. The molecule has 2 heteroatoms. The molecule has 0 unspecified atom stereocenters. The Labute approximate surface area is 176 Å². The van der Waals surface area contributed by atoms with Gasteiger partial charge in [0.1, 0.15) is 24.7 Å². The van der Waals surface area contributed by atoms with Gasteiger partial charge < -0.3 is 9.47 Å². The van der Waals surface area contributed by atoms with Crippen molar-refractivity contribution in [2.75, 3.05) is 0 Å².